The average molecular weight is 424 g/mol. The lowest BCUT2D eigenvalue weighted by Gasteiger charge is -2.28. The van der Waals surface area contributed by atoms with Gasteiger partial charge in [-0.15, -0.1) is 11.3 Å². The standard InChI is InChI=1S/C9H10Br2ClNO2S2/c10-6-1-3-13(4-2-6)17(14,15)8-5-7(12)9(11)16-8/h5-6H,1-4H2. The van der Waals surface area contributed by atoms with Gasteiger partial charge >= 0.3 is 0 Å². The minimum absolute atomic E-state index is 0.308. The molecule has 1 saturated heterocycles. The first-order valence-electron chi connectivity index (χ1n) is 5.00. The molecule has 0 unspecified atom stereocenters. The topological polar surface area (TPSA) is 37.4 Å². The van der Waals surface area contributed by atoms with E-state index in [4.69, 9.17) is 11.6 Å². The van der Waals surface area contributed by atoms with Gasteiger partial charge in [0.2, 0.25) is 0 Å². The molecule has 1 fully saturated rings. The predicted octanol–water partition coefficient (Wildman–Crippen LogP) is 3.71. The largest absolute Gasteiger partial charge is 0.252 e. The molecule has 8 heteroatoms. The maximum Gasteiger partial charge on any atom is 0.252 e. The van der Waals surface area contributed by atoms with Crippen molar-refractivity contribution in [3.63, 3.8) is 0 Å². The molecule has 0 N–H and O–H groups in total. The van der Waals surface area contributed by atoms with Gasteiger partial charge in [-0.05, 0) is 34.8 Å². The highest BCUT2D eigenvalue weighted by atomic mass is 79.9. The first-order valence-corrected chi connectivity index (χ1v) is 9.34. The molecule has 17 heavy (non-hydrogen) atoms. The van der Waals surface area contributed by atoms with Crippen molar-refractivity contribution in [1.29, 1.82) is 0 Å². The van der Waals surface area contributed by atoms with Gasteiger partial charge in [0.25, 0.3) is 10.0 Å². The second-order valence-electron chi connectivity index (χ2n) is 3.77. The first kappa shape index (κ1) is 14.3. The molecule has 1 aliphatic rings. The van der Waals surface area contributed by atoms with Crippen molar-refractivity contribution in [3.8, 4) is 0 Å². The summed E-state index contributed by atoms with van der Waals surface area (Å²) in [7, 11) is -3.37. The molecule has 1 aromatic heterocycles. The van der Waals surface area contributed by atoms with Crippen LogP contribution in [0.3, 0.4) is 0 Å². The highest BCUT2D eigenvalue weighted by Crippen LogP contribution is 2.36. The van der Waals surface area contributed by atoms with E-state index >= 15 is 0 Å². The summed E-state index contributed by atoms with van der Waals surface area (Å²) in [5, 5.41) is 0.448. The van der Waals surface area contributed by atoms with Crippen LogP contribution in [0.25, 0.3) is 0 Å². The lowest BCUT2D eigenvalue weighted by atomic mass is 10.2. The Balaban J connectivity index is 2.24. The predicted molar refractivity (Wildman–Crippen MR) is 77.7 cm³/mol. The third-order valence-electron chi connectivity index (χ3n) is 2.60. The summed E-state index contributed by atoms with van der Waals surface area (Å²) >= 11 is 13.8. The van der Waals surface area contributed by atoms with Gasteiger partial charge in [0.05, 0.1) is 8.81 Å². The van der Waals surface area contributed by atoms with Crippen LogP contribution in [-0.4, -0.2) is 30.6 Å². The van der Waals surface area contributed by atoms with Crippen LogP contribution in [0.1, 0.15) is 12.8 Å². The van der Waals surface area contributed by atoms with Crippen LogP contribution in [-0.2, 0) is 10.0 Å². The van der Waals surface area contributed by atoms with E-state index in [1.807, 2.05) is 0 Å². The van der Waals surface area contributed by atoms with Gasteiger partial charge in [-0.1, -0.05) is 27.5 Å². The molecule has 2 rings (SSSR count). The minimum atomic E-state index is -3.37. The number of hydrogen-bond acceptors (Lipinski definition) is 3. The van der Waals surface area contributed by atoms with Crippen LogP contribution in [0.4, 0.5) is 0 Å². The summed E-state index contributed by atoms with van der Waals surface area (Å²) in [6, 6.07) is 1.51. The number of sulfonamides is 1. The van der Waals surface area contributed by atoms with Gasteiger partial charge in [-0.3, -0.25) is 0 Å². The van der Waals surface area contributed by atoms with Gasteiger partial charge in [0.15, 0.2) is 0 Å². The smallest absolute Gasteiger partial charge is 0.206 e. The van der Waals surface area contributed by atoms with E-state index < -0.39 is 10.0 Å². The molecule has 0 bridgehead atoms. The summed E-state index contributed by atoms with van der Waals surface area (Å²) in [6.07, 6.45) is 1.69. The van der Waals surface area contributed by atoms with E-state index in [-0.39, 0.29) is 0 Å². The third-order valence-corrected chi connectivity index (χ3v) is 8.34. The normalized spacial score (nSPS) is 19.7. The molecule has 0 amide bonds. The van der Waals surface area contributed by atoms with Gasteiger partial charge in [0.1, 0.15) is 4.21 Å². The van der Waals surface area contributed by atoms with Crippen molar-refractivity contribution in [3.05, 3.63) is 14.9 Å². The fraction of sp³-hybridized carbons (Fsp3) is 0.556. The molecular formula is C9H10Br2ClNO2S2. The SMILES string of the molecule is O=S(=O)(c1cc(Cl)c(Br)s1)N1CCC(Br)CC1. The summed E-state index contributed by atoms with van der Waals surface area (Å²) in [6.45, 7) is 1.12. The third kappa shape index (κ3) is 3.06. The van der Waals surface area contributed by atoms with E-state index in [0.717, 1.165) is 24.2 Å². The highest BCUT2D eigenvalue weighted by Gasteiger charge is 2.30. The zero-order chi connectivity index (χ0) is 12.6. The van der Waals surface area contributed by atoms with Crippen LogP contribution >= 0.6 is 54.8 Å². The molecule has 0 spiro atoms. The second-order valence-corrected chi connectivity index (χ2v) is 10.0. The van der Waals surface area contributed by atoms with Crippen LogP contribution in [0.15, 0.2) is 14.1 Å². The highest BCUT2D eigenvalue weighted by molar-refractivity contribution is 9.11. The van der Waals surface area contributed by atoms with E-state index in [0.29, 0.717) is 30.9 Å². The van der Waals surface area contributed by atoms with Crippen molar-refractivity contribution >= 4 is 64.8 Å². The Kier molecular flexibility index (Phi) is 4.59. The lowest BCUT2D eigenvalue weighted by molar-refractivity contribution is 0.355. The number of halogens is 3. The Morgan fingerprint density at radius 3 is 2.47 bits per heavy atom. The molecule has 0 aliphatic carbocycles. The van der Waals surface area contributed by atoms with Gasteiger partial charge < -0.3 is 0 Å². The quantitative estimate of drug-likeness (QED) is 0.680. The zero-order valence-corrected chi connectivity index (χ0v) is 14.3. The van der Waals surface area contributed by atoms with Crippen molar-refractivity contribution in [2.45, 2.75) is 21.9 Å². The molecule has 0 aromatic carbocycles. The molecule has 96 valence electrons. The Morgan fingerprint density at radius 1 is 1.41 bits per heavy atom. The fourth-order valence-corrected chi connectivity index (χ4v) is 6.08. The number of rotatable bonds is 2. The minimum Gasteiger partial charge on any atom is -0.206 e. The fourth-order valence-electron chi connectivity index (χ4n) is 1.65. The van der Waals surface area contributed by atoms with Gasteiger partial charge in [0, 0.05) is 17.9 Å². The summed E-state index contributed by atoms with van der Waals surface area (Å²) in [5.74, 6) is 0. The monoisotopic (exact) mass is 421 g/mol. The van der Waals surface area contributed by atoms with Crippen LogP contribution < -0.4 is 0 Å². The van der Waals surface area contributed by atoms with Gasteiger partial charge in [-0.25, -0.2) is 8.42 Å². The Hall–Kier alpha value is 0.860. The molecular weight excluding hydrogens is 413 g/mol. The summed E-state index contributed by atoms with van der Waals surface area (Å²) in [4.78, 5) is 0.424. The van der Waals surface area contributed by atoms with Crippen molar-refractivity contribution in [2.24, 2.45) is 0 Å². The lowest BCUT2D eigenvalue weighted by Crippen LogP contribution is -2.38. The van der Waals surface area contributed by atoms with E-state index in [1.54, 1.807) is 0 Å². The van der Waals surface area contributed by atoms with Crippen LogP contribution in [0.5, 0.6) is 0 Å². The molecule has 1 aromatic rings. The van der Waals surface area contributed by atoms with Crippen molar-refractivity contribution in [2.75, 3.05) is 13.1 Å². The van der Waals surface area contributed by atoms with E-state index in [1.165, 1.54) is 10.4 Å². The maximum absolute atomic E-state index is 12.3. The summed E-state index contributed by atoms with van der Waals surface area (Å²) < 4.78 is 27.1. The Labute approximate surface area is 126 Å². The van der Waals surface area contributed by atoms with Crippen molar-refractivity contribution < 1.29 is 8.42 Å². The van der Waals surface area contributed by atoms with Crippen LogP contribution in [0.2, 0.25) is 5.02 Å². The molecule has 0 saturated carbocycles. The molecule has 0 atom stereocenters. The Bertz CT molecular complexity index is 490. The summed E-state index contributed by atoms with van der Waals surface area (Å²) in [5.41, 5.74) is 0. The average Bonchev–Trinajstić information content (AvgIpc) is 2.60. The number of alkyl halides is 1. The van der Waals surface area contributed by atoms with Crippen molar-refractivity contribution in [1.82, 2.24) is 4.31 Å². The second kappa shape index (κ2) is 5.46. The van der Waals surface area contributed by atoms with Crippen LogP contribution in [0, 0.1) is 0 Å². The number of piperidine rings is 1. The number of nitrogens with zero attached hydrogens (tertiary/aromatic N) is 1. The molecule has 3 nitrogen and oxygen atoms in total. The number of thiophene rings is 1. The van der Waals surface area contributed by atoms with E-state index in [2.05, 4.69) is 31.9 Å². The molecule has 0 radical (unpaired) electrons. The molecule has 1 aliphatic heterocycles. The maximum atomic E-state index is 12.3. The van der Waals surface area contributed by atoms with E-state index in [9.17, 15) is 8.42 Å². The Morgan fingerprint density at radius 2 is 2.00 bits per heavy atom. The number of hydrogen-bond donors (Lipinski definition) is 0. The first-order chi connectivity index (χ1) is 7.91. The van der Waals surface area contributed by atoms with Gasteiger partial charge in [-0.2, -0.15) is 4.31 Å². The molecule has 2 heterocycles. The zero-order valence-electron chi connectivity index (χ0n) is 8.70.